The maximum Gasteiger partial charge on any atom is 0.245 e. The number of ether oxygens (including phenoxy) is 1. The lowest BCUT2D eigenvalue weighted by Crippen LogP contribution is -2.24. The Morgan fingerprint density at radius 3 is 2.82 bits per heavy atom. The number of thiazole rings is 1. The largest absolute Gasteiger partial charge is 0.480 e. The van der Waals surface area contributed by atoms with Gasteiger partial charge in [0.1, 0.15) is 6.61 Å². The first kappa shape index (κ1) is 13.7. The van der Waals surface area contributed by atoms with Crippen LogP contribution in [0.5, 0.6) is 5.88 Å². The molecule has 0 radical (unpaired) electrons. The second-order valence-corrected chi connectivity index (χ2v) is 4.46. The van der Waals surface area contributed by atoms with Gasteiger partial charge in [0.2, 0.25) is 11.8 Å². The van der Waals surface area contributed by atoms with Gasteiger partial charge in [0.15, 0.2) is 5.13 Å². The van der Waals surface area contributed by atoms with E-state index < -0.39 is 5.91 Å². The lowest BCUT2D eigenvalue weighted by atomic mass is 10.5. The average Bonchev–Trinajstić information content (AvgIpc) is 2.67. The van der Waals surface area contributed by atoms with Gasteiger partial charge in [-0.1, -0.05) is 11.3 Å². The van der Waals surface area contributed by atoms with Crippen LogP contribution in [0.3, 0.4) is 0 Å². The number of hydroxylamine groups is 1. The minimum atomic E-state index is -0.525. The molecule has 0 bridgehead atoms. The Balaban J connectivity index is 2.54. The molecule has 0 saturated heterocycles. The number of nitrogens with two attached hydrogens (primary N) is 1. The van der Waals surface area contributed by atoms with Gasteiger partial charge in [0.25, 0.3) is 0 Å². The number of methoxy groups -OCH3 is 1. The van der Waals surface area contributed by atoms with Crippen LogP contribution in [0.25, 0.3) is 0 Å². The molecule has 1 aromatic heterocycles. The van der Waals surface area contributed by atoms with Gasteiger partial charge in [-0.25, -0.2) is 0 Å². The topological polar surface area (TPSA) is 89.7 Å². The van der Waals surface area contributed by atoms with Crippen molar-refractivity contribution in [2.45, 2.75) is 6.54 Å². The van der Waals surface area contributed by atoms with E-state index in [1.54, 1.807) is 7.11 Å². The van der Waals surface area contributed by atoms with E-state index in [2.05, 4.69) is 10.5 Å². The predicted molar refractivity (Wildman–Crippen MR) is 65.0 cm³/mol. The summed E-state index contributed by atoms with van der Waals surface area (Å²) in [6, 6.07) is 0. The smallest absolute Gasteiger partial charge is 0.245 e. The molecule has 1 heterocycles. The first-order chi connectivity index (χ1) is 8.04. The molecular formula is C9H16N4O3S. The number of anilines is 1. The molecule has 1 aromatic rings. The fourth-order valence-electron chi connectivity index (χ4n) is 1.03. The summed E-state index contributed by atoms with van der Waals surface area (Å²) in [5.74, 6) is 0.0247. The zero-order valence-corrected chi connectivity index (χ0v) is 10.8. The van der Waals surface area contributed by atoms with E-state index in [9.17, 15) is 4.79 Å². The summed E-state index contributed by atoms with van der Waals surface area (Å²) in [4.78, 5) is 22.4. The van der Waals surface area contributed by atoms with Crippen LogP contribution in [0, 0.1) is 0 Å². The first-order valence-electron chi connectivity index (χ1n) is 4.88. The number of aromatic nitrogens is 1. The van der Waals surface area contributed by atoms with Gasteiger partial charge in [0.05, 0.1) is 18.5 Å². The maximum atomic E-state index is 10.4. The monoisotopic (exact) mass is 260 g/mol. The number of primary amides is 1. The van der Waals surface area contributed by atoms with Gasteiger partial charge in [-0.05, 0) is 0 Å². The van der Waals surface area contributed by atoms with E-state index in [1.165, 1.54) is 11.3 Å². The van der Waals surface area contributed by atoms with E-state index in [0.717, 1.165) is 10.0 Å². The molecule has 1 amide bonds. The third kappa shape index (κ3) is 4.17. The number of hydrogen-bond donors (Lipinski definition) is 2. The van der Waals surface area contributed by atoms with Gasteiger partial charge in [0, 0.05) is 14.1 Å². The highest BCUT2D eigenvalue weighted by Crippen LogP contribution is 2.29. The third-order valence-electron chi connectivity index (χ3n) is 1.78. The molecule has 96 valence electrons. The summed E-state index contributed by atoms with van der Waals surface area (Å²) < 4.78 is 5.14. The van der Waals surface area contributed by atoms with Crippen molar-refractivity contribution in [1.29, 1.82) is 0 Å². The number of carbonyl (C=O) groups excluding carboxylic acids is 1. The minimum Gasteiger partial charge on any atom is -0.480 e. The highest BCUT2D eigenvalue weighted by Gasteiger charge is 2.12. The Morgan fingerprint density at radius 2 is 2.29 bits per heavy atom. The van der Waals surface area contributed by atoms with Gasteiger partial charge >= 0.3 is 0 Å². The van der Waals surface area contributed by atoms with Crippen molar-refractivity contribution in [2.24, 2.45) is 5.73 Å². The first-order valence-corrected chi connectivity index (χ1v) is 5.70. The van der Waals surface area contributed by atoms with E-state index in [-0.39, 0.29) is 6.61 Å². The second kappa shape index (κ2) is 6.38. The van der Waals surface area contributed by atoms with Gasteiger partial charge in [-0.3, -0.25) is 9.63 Å². The van der Waals surface area contributed by atoms with Crippen LogP contribution in [-0.4, -0.2) is 38.7 Å². The number of rotatable bonds is 7. The molecule has 3 N–H and O–H groups in total. The molecule has 1 rings (SSSR count). The third-order valence-corrected chi connectivity index (χ3v) is 2.98. The number of carbonyl (C=O) groups is 1. The molecular weight excluding hydrogens is 244 g/mol. The highest BCUT2D eigenvalue weighted by molar-refractivity contribution is 7.15. The lowest BCUT2D eigenvalue weighted by Gasteiger charge is -2.05. The van der Waals surface area contributed by atoms with Crippen LogP contribution in [0.4, 0.5) is 5.13 Å². The highest BCUT2D eigenvalue weighted by atomic mass is 32.1. The molecule has 0 fully saturated rings. The zero-order valence-electron chi connectivity index (χ0n) is 10.0. The summed E-state index contributed by atoms with van der Waals surface area (Å²) in [6.45, 7) is 0.240. The van der Waals surface area contributed by atoms with E-state index >= 15 is 0 Å². The summed E-state index contributed by atoms with van der Waals surface area (Å²) in [7, 11) is 5.36. The van der Waals surface area contributed by atoms with E-state index in [4.69, 9.17) is 15.3 Å². The SMILES string of the molecule is COc1nc(N(C)C)sc1CNOCC(N)=O. The van der Waals surface area contributed by atoms with Gasteiger partial charge in [-0.15, -0.1) is 0 Å². The quantitative estimate of drug-likeness (QED) is 0.518. The maximum absolute atomic E-state index is 10.4. The van der Waals surface area contributed by atoms with Crippen molar-refractivity contribution >= 4 is 22.4 Å². The number of nitrogens with one attached hydrogen (secondary N) is 1. The van der Waals surface area contributed by atoms with Crippen molar-refractivity contribution in [2.75, 3.05) is 32.7 Å². The molecule has 8 heteroatoms. The van der Waals surface area contributed by atoms with Crippen LogP contribution in [0.2, 0.25) is 0 Å². The molecule has 17 heavy (non-hydrogen) atoms. The molecule has 7 nitrogen and oxygen atoms in total. The van der Waals surface area contributed by atoms with Crippen LogP contribution in [0.1, 0.15) is 4.88 Å². The fraction of sp³-hybridized carbons (Fsp3) is 0.556. The Hall–Kier alpha value is -1.38. The van der Waals surface area contributed by atoms with Crippen LogP contribution in [0.15, 0.2) is 0 Å². The second-order valence-electron chi connectivity index (χ2n) is 3.40. The Bertz CT molecular complexity index is 380. The summed E-state index contributed by atoms with van der Waals surface area (Å²) in [5.41, 5.74) is 7.56. The van der Waals surface area contributed by atoms with Gasteiger partial charge < -0.3 is 15.4 Å². The molecule has 0 saturated carbocycles. The van der Waals surface area contributed by atoms with Crippen LogP contribution < -0.4 is 20.9 Å². The summed E-state index contributed by atoms with van der Waals surface area (Å²) in [5, 5.41) is 0.841. The van der Waals surface area contributed by atoms with Crippen LogP contribution in [-0.2, 0) is 16.2 Å². The van der Waals surface area contributed by atoms with Crippen molar-refractivity contribution in [3.63, 3.8) is 0 Å². The lowest BCUT2D eigenvalue weighted by molar-refractivity contribution is -0.125. The van der Waals surface area contributed by atoms with Crippen molar-refractivity contribution in [1.82, 2.24) is 10.5 Å². The Labute approximate surface area is 103 Å². The Kier molecular flexibility index (Phi) is 5.13. The predicted octanol–water partition coefficient (Wildman–Crippen LogP) is -0.276. The number of nitrogens with zero attached hydrogens (tertiary/aromatic N) is 2. The summed E-state index contributed by atoms with van der Waals surface area (Å²) >= 11 is 1.48. The molecule has 0 aromatic carbocycles. The molecule has 0 unspecified atom stereocenters. The average molecular weight is 260 g/mol. The number of amides is 1. The van der Waals surface area contributed by atoms with Crippen molar-refractivity contribution in [3.8, 4) is 5.88 Å². The van der Waals surface area contributed by atoms with Crippen LogP contribution >= 0.6 is 11.3 Å². The minimum absolute atomic E-state index is 0.165. The molecule has 0 aliphatic carbocycles. The molecule has 0 atom stereocenters. The van der Waals surface area contributed by atoms with Crippen molar-refractivity contribution in [3.05, 3.63) is 4.88 Å². The zero-order chi connectivity index (χ0) is 12.8. The fourth-order valence-corrected chi connectivity index (χ4v) is 1.91. The number of hydrogen-bond acceptors (Lipinski definition) is 7. The van der Waals surface area contributed by atoms with E-state index in [1.807, 2.05) is 19.0 Å². The standard InChI is InChI=1S/C9H16N4O3S/c1-13(2)9-12-8(15-3)6(17-9)4-11-16-5-7(10)14/h11H,4-5H2,1-3H3,(H2,10,14). The molecule has 0 spiro atoms. The van der Waals surface area contributed by atoms with E-state index in [0.29, 0.717) is 12.4 Å². The molecule has 0 aliphatic rings. The molecule has 0 aliphatic heterocycles. The normalized spacial score (nSPS) is 10.3. The summed E-state index contributed by atoms with van der Waals surface area (Å²) in [6.07, 6.45) is 0. The van der Waals surface area contributed by atoms with Gasteiger partial charge in [-0.2, -0.15) is 10.5 Å². The Morgan fingerprint density at radius 1 is 1.59 bits per heavy atom. The van der Waals surface area contributed by atoms with Crippen molar-refractivity contribution < 1.29 is 14.4 Å².